The van der Waals surface area contributed by atoms with E-state index in [2.05, 4.69) is 0 Å². The Morgan fingerprint density at radius 3 is 2.50 bits per heavy atom. The molecule has 0 N–H and O–H groups in total. The van der Waals surface area contributed by atoms with Crippen molar-refractivity contribution in [2.75, 3.05) is 0 Å². The van der Waals surface area contributed by atoms with Gasteiger partial charge in [-0.1, -0.05) is 6.92 Å². The Morgan fingerprint density at radius 1 is 1.70 bits per heavy atom. The minimum absolute atomic E-state index is 0.0658. The first-order valence-corrected chi connectivity index (χ1v) is 3.82. The highest BCUT2D eigenvalue weighted by atomic mass is 35.5. The highest BCUT2D eigenvalue weighted by Crippen LogP contribution is 2.09. The minimum atomic E-state index is -0.272. The maximum Gasteiger partial charge on any atom is 0.302 e. The van der Waals surface area contributed by atoms with E-state index in [0.717, 1.165) is 6.42 Å². The maximum atomic E-state index is 10.4. The van der Waals surface area contributed by atoms with Crippen LogP contribution in [0.3, 0.4) is 0 Å². The van der Waals surface area contributed by atoms with E-state index in [1.807, 2.05) is 6.92 Å². The minimum Gasteiger partial charge on any atom is -0.461 e. The van der Waals surface area contributed by atoms with Crippen LogP contribution in [0.15, 0.2) is 0 Å². The second-order valence-electron chi connectivity index (χ2n) is 2.24. The lowest BCUT2D eigenvalue weighted by Gasteiger charge is -2.15. The van der Waals surface area contributed by atoms with Crippen molar-refractivity contribution in [3.8, 4) is 0 Å². The van der Waals surface area contributed by atoms with E-state index >= 15 is 0 Å². The van der Waals surface area contributed by atoms with Gasteiger partial charge in [0.25, 0.3) is 0 Å². The first-order valence-electron chi connectivity index (χ1n) is 3.39. The Morgan fingerprint density at radius 2 is 2.20 bits per heavy atom. The molecule has 0 spiro atoms. The smallest absolute Gasteiger partial charge is 0.302 e. The SMILES string of the molecule is CC[C@H](Cl)[C@H](C)OC(C)=O. The van der Waals surface area contributed by atoms with Gasteiger partial charge < -0.3 is 4.74 Å². The van der Waals surface area contributed by atoms with Crippen LogP contribution in [0.1, 0.15) is 27.2 Å². The van der Waals surface area contributed by atoms with Crippen molar-refractivity contribution < 1.29 is 9.53 Å². The standard InChI is InChI=1S/C7H13ClO2/c1-4-7(8)5(2)10-6(3)9/h5,7H,4H2,1-3H3/t5-,7-/m0/s1. The third-order valence-electron chi connectivity index (χ3n) is 1.25. The number of hydrogen-bond donors (Lipinski definition) is 0. The molecule has 0 aliphatic carbocycles. The van der Waals surface area contributed by atoms with Crippen LogP contribution in [0.4, 0.5) is 0 Å². The number of esters is 1. The summed E-state index contributed by atoms with van der Waals surface area (Å²) >= 11 is 5.78. The molecule has 0 fully saturated rings. The molecule has 0 radical (unpaired) electrons. The van der Waals surface area contributed by atoms with Gasteiger partial charge in [0.15, 0.2) is 0 Å². The molecule has 3 heteroatoms. The molecule has 60 valence electrons. The summed E-state index contributed by atoms with van der Waals surface area (Å²) in [5.41, 5.74) is 0. The van der Waals surface area contributed by atoms with Crippen molar-refractivity contribution >= 4 is 17.6 Å². The van der Waals surface area contributed by atoms with Crippen molar-refractivity contribution in [3.63, 3.8) is 0 Å². The topological polar surface area (TPSA) is 26.3 Å². The molecule has 0 rings (SSSR count). The van der Waals surface area contributed by atoms with E-state index in [0.29, 0.717) is 0 Å². The van der Waals surface area contributed by atoms with Crippen molar-refractivity contribution in [1.29, 1.82) is 0 Å². The Balaban J connectivity index is 3.61. The molecule has 2 nitrogen and oxygen atoms in total. The van der Waals surface area contributed by atoms with Crippen LogP contribution in [0.5, 0.6) is 0 Å². The zero-order chi connectivity index (χ0) is 8.15. The zero-order valence-corrected chi connectivity index (χ0v) is 7.31. The summed E-state index contributed by atoms with van der Waals surface area (Å²) in [6.45, 7) is 5.13. The summed E-state index contributed by atoms with van der Waals surface area (Å²) < 4.78 is 4.83. The predicted octanol–water partition coefficient (Wildman–Crippen LogP) is 1.96. The lowest BCUT2D eigenvalue weighted by molar-refractivity contribution is -0.145. The summed E-state index contributed by atoms with van der Waals surface area (Å²) in [5, 5.41) is -0.0658. The fourth-order valence-corrected chi connectivity index (χ4v) is 0.719. The number of rotatable bonds is 3. The normalized spacial score (nSPS) is 16.0. The molecule has 0 aromatic carbocycles. The summed E-state index contributed by atoms with van der Waals surface area (Å²) in [5.74, 6) is -0.272. The van der Waals surface area contributed by atoms with E-state index in [9.17, 15) is 4.79 Å². The average Bonchev–Trinajstić information content (AvgIpc) is 1.85. The van der Waals surface area contributed by atoms with Crippen LogP contribution in [0.2, 0.25) is 0 Å². The fourth-order valence-electron chi connectivity index (χ4n) is 0.668. The third kappa shape index (κ3) is 3.72. The van der Waals surface area contributed by atoms with E-state index < -0.39 is 0 Å². The Labute approximate surface area is 66.5 Å². The highest BCUT2D eigenvalue weighted by molar-refractivity contribution is 6.21. The lowest BCUT2D eigenvalue weighted by atomic mass is 10.2. The monoisotopic (exact) mass is 164 g/mol. The van der Waals surface area contributed by atoms with Crippen LogP contribution >= 0.6 is 11.6 Å². The fraction of sp³-hybridized carbons (Fsp3) is 0.857. The van der Waals surface area contributed by atoms with Gasteiger partial charge in [0.1, 0.15) is 6.10 Å². The summed E-state index contributed by atoms with van der Waals surface area (Å²) in [6.07, 6.45) is 0.639. The number of ether oxygens (including phenoxy) is 1. The Bertz CT molecular complexity index is 114. The number of halogens is 1. The largest absolute Gasteiger partial charge is 0.461 e. The van der Waals surface area contributed by atoms with Crippen LogP contribution in [0.25, 0.3) is 0 Å². The third-order valence-corrected chi connectivity index (χ3v) is 1.91. The molecular formula is C7H13ClO2. The number of carbonyl (C=O) groups excluding carboxylic acids is 1. The van der Waals surface area contributed by atoms with Crippen molar-refractivity contribution in [3.05, 3.63) is 0 Å². The molecule has 10 heavy (non-hydrogen) atoms. The Kier molecular flexibility index (Phi) is 4.45. The molecule has 0 aliphatic heterocycles. The molecule has 0 saturated heterocycles. The maximum absolute atomic E-state index is 10.4. The van der Waals surface area contributed by atoms with Gasteiger partial charge in [-0.25, -0.2) is 0 Å². The average molecular weight is 165 g/mol. The van der Waals surface area contributed by atoms with Crippen molar-refractivity contribution in [2.45, 2.75) is 38.7 Å². The number of carbonyl (C=O) groups is 1. The van der Waals surface area contributed by atoms with Crippen LogP contribution in [-0.4, -0.2) is 17.5 Å². The van der Waals surface area contributed by atoms with E-state index in [1.54, 1.807) is 6.92 Å². The molecule has 0 heterocycles. The quantitative estimate of drug-likeness (QED) is 0.471. The van der Waals surface area contributed by atoms with Gasteiger partial charge in [0, 0.05) is 6.92 Å². The first kappa shape index (κ1) is 9.76. The predicted molar refractivity (Wildman–Crippen MR) is 41.2 cm³/mol. The van der Waals surface area contributed by atoms with E-state index in [-0.39, 0.29) is 17.5 Å². The van der Waals surface area contributed by atoms with Gasteiger partial charge in [-0.3, -0.25) is 4.79 Å². The number of hydrogen-bond acceptors (Lipinski definition) is 2. The molecule has 0 saturated carbocycles. The summed E-state index contributed by atoms with van der Waals surface area (Å²) in [6, 6.07) is 0. The molecule has 2 atom stereocenters. The second-order valence-corrected chi connectivity index (χ2v) is 2.80. The summed E-state index contributed by atoms with van der Waals surface area (Å²) in [7, 11) is 0. The summed E-state index contributed by atoms with van der Waals surface area (Å²) in [4.78, 5) is 10.4. The van der Waals surface area contributed by atoms with Gasteiger partial charge >= 0.3 is 5.97 Å². The molecule has 0 aromatic rings. The molecule has 0 unspecified atom stereocenters. The molecule has 0 bridgehead atoms. The highest BCUT2D eigenvalue weighted by Gasteiger charge is 2.14. The van der Waals surface area contributed by atoms with Crippen LogP contribution in [-0.2, 0) is 9.53 Å². The van der Waals surface area contributed by atoms with E-state index in [4.69, 9.17) is 16.3 Å². The van der Waals surface area contributed by atoms with Crippen molar-refractivity contribution in [2.24, 2.45) is 0 Å². The van der Waals surface area contributed by atoms with Gasteiger partial charge in [0.05, 0.1) is 5.38 Å². The van der Waals surface area contributed by atoms with Crippen LogP contribution < -0.4 is 0 Å². The van der Waals surface area contributed by atoms with Gasteiger partial charge in [-0.2, -0.15) is 0 Å². The van der Waals surface area contributed by atoms with E-state index in [1.165, 1.54) is 6.92 Å². The lowest BCUT2D eigenvalue weighted by Crippen LogP contribution is -2.22. The van der Waals surface area contributed by atoms with Gasteiger partial charge in [-0.05, 0) is 13.3 Å². The van der Waals surface area contributed by atoms with Crippen molar-refractivity contribution in [1.82, 2.24) is 0 Å². The molecule has 0 aliphatic rings. The number of alkyl halides is 1. The van der Waals surface area contributed by atoms with Gasteiger partial charge in [0.2, 0.25) is 0 Å². The van der Waals surface area contributed by atoms with Gasteiger partial charge in [-0.15, -0.1) is 11.6 Å². The Hall–Kier alpha value is -0.240. The molecule has 0 aromatic heterocycles. The first-order chi connectivity index (χ1) is 4.57. The molecular weight excluding hydrogens is 152 g/mol. The second kappa shape index (κ2) is 4.56. The van der Waals surface area contributed by atoms with Crippen LogP contribution in [0, 0.1) is 0 Å². The zero-order valence-electron chi connectivity index (χ0n) is 6.56. The molecule has 0 amide bonds.